The fourth-order valence-corrected chi connectivity index (χ4v) is 2.59. The zero-order valence-electron chi connectivity index (χ0n) is 15.8. The van der Waals surface area contributed by atoms with Crippen molar-refractivity contribution in [3.05, 3.63) is 35.4 Å². The van der Waals surface area contributed by atoms with E-state index in [0.29, 0.717) is 31.8 Å². The predicted octanol–water partition coefficient (Wildman–Crippen LogP) is 3.67. The molecule has 0 radical (unpaired) electrons. The van der Waals surface area contributed by atoms with Crippen molar-refractivity contribution in [3.8, 4) is 0 Å². The minimum Gasteiger partial charge on any atom is -0.354 e. The topological polar surface area (TPSA) is 49.4 Å². The molecule has 0 unspecified atom stereocenters. The SMILES string of the molecule is CCCC(=O)N(Cc1ccc(C)cc1)[C@H](CC)C(=O)NCC(C)C. The van der Waals surface area contributed by atoms with Crippen LogP contribution in [-0.2, 0) is 16.1 Å². The van der Waals surface area contributed by atoms with Crippen molar-refractivity contribution in [2.24, 2.45) is 5.92 Å². The molecule has 0 saturated carbocycles. The number of benzene rings is 1. The fourth-order valence-electron chi connectivity index (χ4n) is 2.59. The summed E-state index contributed by atoms with van der Waals surface area (Å²) in [5.41, 5.74) is 2.24. The Kier molecular flexibility index (Phi) is 8.51. The zero-order valence-corrected chi connectivity index (χ0v) is 15.8. The maximum atomic E-state index is 12.6. The third kappa shape index (κ3) is 6.34. The first kappa shape index (κ1) is 20.2. The Hall–Kier alpha value is -1.84. The Balaban J connectivity index is 2.94. The normalized spacial score (nSPS) is 12.1. The highest BCUT2D eigenvalue weighted by Crippen LogP contribution is 2.15. The number of rotatable bonds is 9. The lowest BCUT2D eigenvalue weighted by atomic mass is 10.1. The van der Waals surface area contributed by atoms with E-state index in [2.05, 4.69) is 19.2 Å². The minimum absolute atomic E-state index is 0.0459. The van der Waals surface area contributed by atoms with Gasteiger partial charge in [-0.15, -0.1) is 0 Å². The van der Waals surface area contributed by atoms with E-state index in [0.717, 1.165) is 12.0 Å². The maximum Gasteiger partial charge on any atom is 0.242 e. The van der Waals surface area contributed by atoms with E-state index in [1.54, 1.807) is 4.90 Å². The van der Waals surface area contributed by atoms with Crippen LogP contribution in [0.4, 0.5) is 0 Å². The number of aryl methyl sites for hydroxylation is 1. The van der Waals surface area contributed by atoms with Crippen molar-refractivity contribution in [1.82, 2.24) is 10.2 Å². The second-order valence-electron chi connectivity index (χ2n) is 6.82. The molecule has 0 spiro atoms. The molecule has 1 rings (SSSR count). The van der Waals surface area contributed by atoms with E-state index in [9.17, 15) is 9.59 Å². The largest absolute Gasteiger partial charge is 0.354 e. The van der Waals surface area contributed by atoms with Crippen molar-refractivity contribution < 1.29 is 9.59 Å². The van der Waals surface area contributed by atoms with Crippen LogP contribution in [0.15, 0.2) is 24.3 Å². The molecule has 0 saturated heterocycles. The number of amides is 2. The van der Waals surface area contributed by atoms with Crippen LogP contribution in [0.2, 0.25) is 0 Å². The molecule has 0 aliphatic heterocycles. The highest BCUT2D eigenvalue weighted by atomic mass is 16.2. The molecule has 1 atom stereocenters. The van der Waals surface area contributed by atoms with Gasteiger partial charge in [-0.25, -0.2) is 0 Å². The van der Waals surface area contributed by atoms with Crippen LogP contribution in [0.25, 0.3) is 0 Å². The molecule has 2 amide bonds. The highest BCUT2D eigenvalue weighted by molar-refractivity contribution is 5.87. The number of nitrogens with one attached hydrogen (secondary N) is 1. The van der Waals surface area contributed by atoms with Gasteiger partial charge >= 0.3 is 0 Å². The summed E-state index contributed by atoms with van der Waals surface area (Å²) in [6.07, 6.45) is 1.87. The van der Waals surface area contributed by atoms with Gasteiger partial charge in [0.25, 0.3) is 0 Å². The van der Waals surface area contributed by atoms with Crippen LogP contribution in [0.3, 0.4) is 0 Å². The molecule has 0 aliphatic carbocycles. The standard InChI is InChI=1S/C20H32N2O2/c1-6-8-19(23)22(14-17-11-9-16(5)10-12-17)18(7-2)20(24)21-13-15(3)4/h9-12,15,18H,6-8,13-14H2,1-5H3,(H,21,24)/t18-/m1/s1. The van der Waals surface area contributed by atoms with Crippen LogP contribution in [-0.4, -0.2) is 29.3 Å². The molecular formula is C20H32N2O2. The van der Waals surface area contributed by atoms with Crippen molar-refractivity contribution in [3.63, 3.8) is 0 Å². The number of hydrogen-bond acceptors (Lipinski definition) is 2. The number of carbonyl (C=O) groups excluding carboxylic acids is 2. The molecule has 4 heteroatoms. The molecule has 4 nitrogen and oxygen atoms in total. The Morgan fingerprint density at radius 2 is 1.75 bits per heavy atom. The first-order valence-electron chi connectivity index (χ1n) is 9.01. The van der Waals surface area contributed by atoms with Crippen LogP contribution in [0.1, 0.15) is 58.1 Å². The van der Waals surface area contributed by atoms with Crippen molar-refractivity contribution in [2.45, 2.75) is 66.5 Å². The van der Waals surface area contributed by atoms with E-state index in [1.165, 1.54) is 5.56 Å². The molecule has 0 heterocycles. The Labute approximate surface area is 146 Å². The second kappa shape index (κ2) is 10.1. The van der Waals surface area contributed by atoms with Crippen molar-refractivity contribution in [1.29, 1.82) is 0 Å². The van der Waals surface area contributed by atoms with Crippen molar-refractivity contribution in [2.75, 3.05) is 6.54 Å². The van der Waals surface area contributed by atoms with Gasteiger partial charge < -0.3 is 10.2 Å². The molecule has 1 aromatic carbocycles. The molecule has 1 aromatic rings. The Bertz CT molecular complexity index is 523. The average Bonchev–Trinajstić information content (AvgIpc) is 2.54. The smallest absolute Gasteiger partial charge is 0.242 e. The van der Waals surface area contributed by atoms with Gasteiger partial charge in [0.05, 0.1) is 0 Å². The third-order valence-electron chi connectivity index (χ3n) is 4.01. The van der Waals surface area contributed by atoms with E-state index >= 15 is 0 Å². The summed E-state index contributed by atoms with van der Waals surface area (Å²) in [5, 5.41) is 2.97. The van der Waals surface area contributed by atoms with Gasteiger partial charge in [-0.2, -0.15) is 0 Å². The molecule has 24 heavy (non-hydrogen) atoms. The van der Waals surface area contributed by atoms with E-state index in [4.69, 9.17) is 0 Å². The maximum absolute atomic E-state index is 12.6. The summed E-state index contributed by atoms with van der Waals surface area (Å²) >= 11 is 0. The van der Waals surface area contributed by atoms with E-state index in [1.807, 2.05) is 45.0 Å². The Morgan fingerprint density at radius 3 is 2.25 bits per heavy atom. The van der Waals surface area contributed by atoms with Crippen LogP contribution < -0.4 is 5.32 Å². The summed E-state index contributed by atoms with van der Waals surface area (Å²) in [6.45, 7) is 11.2. The first-order chi connectivity index (χ1) is 11.4. The lowest BCUT2D eigenvalue weighted by Crippen LogP contribution is -2.49. The summed E-state index contributed by atoms with van der Waals surface area (Å²) in [7, 11) is 0. The number of hydrogen-bond donors (Lipinski definition) is 1. The quantitative estimate of drug-likeness (QED) is 0.750. The summed E-state index contributed by atoms with van der Waals surface area (Å²) in [5.74, 6) is 0.385. The van der Waals surface area contributed by atoms with Gasteiger partial charge in [0.1, 0.15) is 6.04 Å². The molecule has 1 N–H and O–H groups in total. The molecule has 0 fully saturated rings. The van der Waals surface area contributed by atoms with Gasteiger partial charge in [-0.3, -0.25) is 9.59 Å². The molecule has 0 bridgehead atoms. The highest BCUT2D eigenvalue weighted by Gasteiger charge is 2.27. The molecule has 0 aliphatic rings. The zero-order chi connectivity index (χ0) is 18.1. The summed E-state index contributed by atoms with van der Waals surface area (Å²) in [4.78, 5) is 26.9. The summed E-state index contributed by atoms with van der Waals surface area (Å²) < 4.78 is 0. The van der Waals surface area contributed by atoms with Gasteiger partial charge in [-0.05, 0) is 31.2 Å². The lowest BCUT2D eigenvalue weighted by Gasteiger charge is -2.31. The van der Waals surface area contributed by atoms with Gasteiger partial charge in [0.2, 0.25) is 11.8 Å². The van der Waals surface area contributed by atoms with Gasteiger partial charge in [-0.1, -0.05) is 57.5 Å². The molecule has 0 aromatic heterocycles. The van der Waals surface area contributed by atoms with E-state index < -0.39 is 6.04 Å². The van der Waals surface area contributed by atoms with Crippen LogP contribution in [0.5, 0.6) is 0 Å². The summed E-state index contributed by atoms with van der Waals surface area (Å²) in [6, 6.07) is 7.72. The molecular weight excluding hydrogens is 300 g/mol. The fraction of sp³-hybridized carbons (Fsp3) is 0.600. The second-order valence-corrected chi connectivity index (χ2v) is 6.82. The van der Waals surface area contributed by atoms with Gasteiger partial charge in [0, 0.05) is 19.5 Å². The third-order valence-corrected chi connectivity index (χ3v) is 4.01. The average molecular weight is 332 g/mol. The van der Waals surface area contributed by atoms with Gasteiger partial charge in [0.15, 0.2) is 0 Å². The first-order valence-corrected chi connectivity index (χ1v) is 9.01. The Morgan fingerprint density at radius 1 is 1.12 bits per heavy atom. The number of nitrogens with zero attached hydrogens (tertiary/aromatic N) is 1. The molecule has 134 valence electrons. The van der Waals surface area contributed by atoms with E-state index in [-0.39, 0.29) is 11.8 Å². The minimum atomic E-state index is -0.413. The van der Waals surface area contributed by atoms with Crippen molar-refractivity contribution >= 4 is 11.8 Å². The predicted molar refractivity (Wildman–Crippen MR) is 98.6 cm³/mol. The number of carbonyl (C=O) groups is 2. The van der Waals surface area contributed by atoms with Crippen LogP contribution >= 0.6 is 0 Å². The monoisotopic (exact) mass is 332 g/mol. The lowest BCUT2D eigenvalue weighted by molar-refractivity contribution is -0.141. The van der Waals surface area contributed by atoms with Crippen LogP contribution in [0, 0.1) is 12.8 Å².